The highest BCUT2D eigenvalue weighted by Crippen LogP contribution is 2.35. The topological polar surface area (TPSA) is 70.4 Å². The second kappa shape index (κ2) is 9.40. The van der Waals surface area contributed by atoms with Crippen molar-refractivity contribution in [2.45, 2.75) is 57.6 Å². The number of benzene rings is 1. The zero-order valence-corrected chi connectivity index (χ0v) is 20.0. The van der Waals surface area contributed by atoms with Crippen molar-refractivity contribution in [3.8, 4) is 0 Å². The number of likely N-dealkylation sites (tertiary alicyclic amines) is 1. The Morgan fingerprint density at radius 1 is 1.21 bits per heavy atom. The van der Waals surface area contributed by atoms with Crippen LogP contribution in [0.25, 0.3) is 0 Å². The summed E-state index contributed by atoms with van der Waals surface area (Å²) in [6.45, 7) is 5.81. The van der Waals surface area contributed by atoms with Gasteiger partial charge in [0.15, 0.2) is 6.10 Å². The molecule has 3 aliphatic rings. The maximum Gasteiger partial charge on any atom is 0.243 e. The van der Waals surface area contributed by atoms with E-state index in [0.717, 1.165) is 30.0 Å². The van der Waals surface area contributed by atoms with E-state index in [-0.39, 0.29) is 29.9 Å². The number of rotatable bonds is 5. The molecular weight excluding hydrogens is 460 g/mol. The minimum atomic E-state index is -0.790. The smallest absolute Gasteiger partial charge is 0.243 e. The molecule has 3 aliphatic heterocycles. The van der Waals surface area contributed by atoms with Crippen LogP contribution in [0, 0.1) is 11.6 Å². The number of carbonyl (C=O) groups is 1. The predicted molar refractivity (Wildman–Crippen MR) is 126 cm³/mol. The van der Waals surface area contributed by atoms with Gasteiger partial charge in [-0.15, -0.1) is 11.3 Å². The third-order valence-electron chi connectivity index (χ3n) is 6.70. The Balaban J connectivity index is 1.16. The summed E-state index contributed by atoms with van der Waals surface area (Å²) in [4.78, 5) is 24.8. The molecule has 2 aromatic rings. The number of piperidine rings is 1. The number of oxime groups is 1. The Labute approximate surface area is 201 Å². The largest absolute Gasteiger partial charge is 0.387 e. The molecule has 1 fully saturated rings. The molecule has 4 heterocycles. The van der Waals surface area contributed by atoms with Gasteiger partial charge in [-0.2, -0.15) is 5.10 Å². The van der Waals surface area contributed by atoms with Gasteiger partial charge in [0, 0.05) is 42.9 Å². The number of aromatic nitrogens is 1. The summed E-state index contributed by atoms with van der Waals surface area (Å²) in [6, 6.07) is 4.04. The van der Waals surface area contributed by atoms with Crippen LogP contribution in [0.15, 0.2) is 33.8 Å². The molecule has 2 unspecified atom stereocenters. The molecule has 1 saturated heterocycles. The van der Waals surface area contributed by atoms with Gasteiger partial charge >= 0.3 is 0 Å². The number of amides is 1. The lowest BCUT2D eigenvalue weighted by Gasteiger charge is -2.32. The van der Waals surface area contributed by atoms with Crippen LogP contribution in [-0.4, -0.2) is 57.9 Å². The van der Waals surface area contributed by atoms with Crippen LogP contribution in [0.2, 0.25) is 0 Å². The molecule has 0 aliphatic carbocycles. The number of carbonyl (C=O) groups excluding carboxylic acids is 1. The Morgan fingerprint density at radius 3 is 2.62 bits per heavy atom. The van der Waals surface area contributed by atoms with Gasteiger partial charge in [0.1, 0.15) is 23.9 Å². The molecule has 1 aromatic carbocycles. The minimum absolute atomic E-state index is 0.0992. The summed E-state index contributed by atoms with van der Waals surface area (Å²) >= 11 is 1.56. The fourth-order valence-electron chi connectivity index (χ4n) is 4.81. The number of hydrogen-bond acceptors (Lipinski definition) is 7. The van der Waals surface area contributed by atoms with E-state index < -0.39 is 17.7 Å². The lowest BCUT2D eigenvalue weighted by Crippen LogP contribution is -2.43. The van der Waals surface area contributed by atoms with Gasteiger partial charge in [-0.25, -0.2) is 13.8 Å². The second-order valence-electron chi connectivity index (χ2n) is 9.18. The van der Waals surface area contributed by atoms with E-state index in [4.69, 9.17) is 9.82 Å². The lowest BCUT2D eigenvalue weighted by atomic mass is 9.97. The van der Waals surface area contributed by atoms with E-state index in [1.165, 1.54) is 18.2 Å². The van der Waals surface area contributed by atoms with Gasteiger partial charge in [0.05, 0.1) is 22.3 Å². The third-order valence-corrected chi connectivity index (χ3v) is 7.71. The molecule has 1 aromatic heterocycles. The van der Waals surface area contributed by atoms with Crippen molar-refractivity contribution in [1.29, 1.82) is 0 Å². The fourth-order valence-corrected chi connectivity index (χ4v) is 5.81. The first-order valence-corrected chi connectivity index (χ1v) is 12.5. The Morgan fingerprint density at radius 2 is 1.94 bits per heavy atom. The SMILES string of the molecule is CC1=NN(CC(=O)N2CCC(c3nc(C4=NOC(c5c(F)cccc5F)C4)cs3)CC2)C(C)C1. The first-order valence-electron chi connectivity index (χ1n) is 11.6. The highest BCUT2D eigenvalue weighted by Gasteiger charge is 2.32. The lowest BCUT2D eigenvalue weighted by molar-refractivity contribution is -0.133. The number of hydrogen-bond donors (Lipinski definition) is 0. The number of hydrazone groups is 1. The normalized spacial score (nSPS) is 23.2. The molecule has 34 heavy (non-hydrogen) atoms. The van der Waals surface area contributed by atoms with E-state index >= 15 is 0 Å². The van der Waals surface area contributed by atoms with Gasteiger partial charge in [-0.05, 0) is 38.8 Å². The highest BCUT2D eigenvalue weighted by molar-refractivity contribution is 7.10. The molecule has 7 nitrogen and oxygen atoms in total. The van der Waals surface area contributed by atoms with Crippen LogP contribution >= 0.6 is 11.3 Å². The van der Waals surface area contributed by atoms with Crippen LogP contribution in [0.1, 0.15) is 67.8 Å². The average Bonchev–Trinajstić information content (AvgIpc) is 3.54. The van der Waals surface area contributed by atoms with E-state index in [1.54, 1.807) is 11.3 Å². The van der Waals surface area contributed by atoms with Crippen LogP contribution in [-0.2, 0) is 9.63 Å². The first-order chi connectivity index (χ1) is 16.4. The van der Waals surface area contributed by atoms with E-state index in [2.05, 4.69) is 17.2 Å². The van der Waals surface area contributed by atoms with Crippen molar-refractivity contribution in [2.24, 2.45) is 10.3 Å². The maximum absolute atomic E-state index is 14.1. The molecule has 0 saturated carbocycles. The van der Waals surface area contributed by atoms with E-state index in [9.17, 15) is 13.6 Å². The van der Waals surface area contributed by atoms with Crippen LogP contribution in [0.3, 0.4) is 0 Å². The number of thiazole rings is 1. The molecule has 180 valence electrons. The summed E-state index contributed by atoms with van der Waals surface area (Å²) in [5.41, 5.74) is 2.26. The van der Waals surface area contributed by atoms with Crippen LogP contribution < -0.4 is 0 Å². The van der Waals surface area contributed by atoms with E-state index in [1.807, 2.05) is 22.2 Å². The van der Waals surface area contributed by atoms with Crippen molar-refractivity contribution in [3.05, 3.63) is 51.5 Å². The standard InChI is InChI=1S/C24H27F2N5O2S/c1-14-10-15(2)31(28-14)12-22(32)30-8-6-16(7-9-30)24-27-20(13-34-24)19-11-21(33-29-19)23-17(25)4-3-5-18(23)26/h3-5,13,15-16,21H,6-12H2,1-2H3. The van der Waals surface area contributed by atoms with Crippen molar-refractivity contribution in [1.82, 2.24) is 14.9 Å². The van der Waals surface area contributed by atoms with Crippen molar-refractivity contribution < 1.29 is 18.4 Å². The van der Waals surface area contributed by atoms with Crippen molar-refractivity contribution >= 4 is 28.7 Å². The monoisotopic (exact) mass is 487 g/mol. The Bertz CT molecular complexity index is 1120. The predicted octanol–water partition coefficient (Wildman–Crippen LogP) is 4.46. The second-order valence-corrected chi connectivity index (χ2v) is 10.1. The van der Waals surface area contributed by atoms with Gasteiger partial charge in [0.25, 0.3) is 0 Å². The molecular formula is C24H27F2N5O2S. The van der Waals surface area contributed by atoms with Crippen LogP contribution in [0.4, 0.5) is 8.78 Å². The highest BCUT2D eigenvalue weighted by atomic mass is 32.1. The summed E-state index contributed by atoms with van der Waals surface area (Å²) in [5, 5.41) is 13.3. The molecule has 1 amide bonds. The molecule has 0 spiro atoms. The summed E-state index contributed by atoms with van der Waals surface area (Å²) in [7, 11) is 0. The van der Waals surface area contributed by atoms with Gasteiger partial charge in [0.2, 0.25) is 5.91 Å². The van der Waals surface area contributed by atoms with Gasteiger partial charge < -0.3 is 9.74 Å². The molecule has 5 rings (SSSR count). The molecule has 2 atom stereocenters. The zero-order chi connectivity index (χ0) is 23.8. The quantitative estimate of drug-likeness (QED) is 0.624. The van der Waals surface area contributed by atoms with Crippen LogP contribution in [0.5, 0.6) is 0 Å². The molecule has 0 N–H and O–H groups in total. The third kappa shape index (κ3) is 4.55. The first kappa shape index (κ1) is 22.9. The number of halogens is 2. The zero-order valence-electron chi connectivity index (χ0n) is 19.2. The summed E-state index contributed by atoms with van der Waals surface area (Å²) in [5.74, 6) is -0.880. The van der Waals surface area contributed by atoms with Gasteiger partial charge in [-0.1, -0.05) is 11.2 Å². The Kier molecular flexibility index (Phi) is 6.33. The van der Waals surface area contributed by atoms with Crippen molar-refractivity contribution in [2.75, 3.05) is 19.6 Å². The molecule has 0 bridgehead atoms. The van der Waals surface area contributed by atoms with E-state index in [0.29, 0.717) is 31.0 Å². The molecule has 10 heteroatoms. The average molecular weight is 488 g/mol. The molecule has 0 radical (unpaired) electrons. The fraction of sp³-hybridized carbons (Fsp3) is 0.500. The van der Waals surface area contributed by atoms with Gasteiger partial charge in [-0.3, -0.25) is 9.80 Å². The minimum Gasteiger partial charge on any atom is -0.387 e. The maximum atomic E-state index is 14.1. The summed E-state index contributed by atoms with van der Waals surface area (Å²) < 4.78 is 28.2. The number of nitrogens with zero attached hydrogens (tertiary/aromatic N) is 5. The summed E-state index contributed by atoms with van der Waals surface area (Å²) in [6.07, 6.45) is 2.09. The Hall–Kier alpha value is -2.88. The van der Waals surface area contributed by atoms with Crippen molar-refractivity contribution in [3.63, 3.8) is 0 Å².